The molecule has 5 aliphatic rings. The molecule has 1 unspecified atom stereocenters. The van der Waals surface area contributed by atoms with E-state index in [9.17, 15) is 40.2 Å². The second-order valence-electron chi connectivity index (χ2n) is 16.9. The van der Waals surface area contributed by atoms with Gasteiger partial charge in [0.05, 0.1) is 25.4 Å². The van der Waals surface area contributed by atoms with Gasteiger partial charge in [0.1, 0.15) is 29.8 Å². The minimum absolute atomic E-state index is 0.131. The first-order valence-electron chi connectivity index (χ1n) is 18.3. The molecule has 0 spiro atoms. The van der Waals surface area contributed by atoms with Crippen molar-refractivity contribution in [3.8, 4) is 0 Å². The molecule has 0 aromatic heterocycles. The number of carboxylic acid groups (broad SMARTS) is 1. The molecule has 0 bridgehead atoms. The summed E-state index contributed by atoms with van der Waals surface area (Å²) in [4.78, 5) is 25.4. The zero-order chi connectivity index (χ0) is 35.3. The molecule has 48 heavy (non-hydrogen) atoms. The molecule has 1 aliphatic heterocycles. The third-order valence-electron chi connectivity index (χ3n) is 13.7. The van der Waals surface area contributed by atoms with Crippen LogP contribution in [0.5, 0.6) is 0 Å². The van der Waals surface area contributed by atoms with Crippen molar-refractivity contribution in [2.75, 3.05) is 13.2 Å². The Hall–Kier alpha value is -1.60. The first kappa shape index (κ1) is 37.7. The van der Waals surface area contributed by atoms with Gasteiger partial charge in [-0.1, -0.05) is 45.8 Å². The van der Waals surface area contributed by atoms with Crippen molar-refractivity contribution in [2.45, 2.75) is 149 Å². The first-order valence-corrected chi connectivity index (χ1v) is 18.3. The normalized spacial score (nSPS) is 44.0. The van der Waals surface area contributed by atoms with Crippen molar-refractivity contribution in [3.63, 3.8) is 0 Å². The van der Waals surface area contributed by atoms with Crippen molar-refractivity contribution in [1.82, 2.24) is 5.32 Å². The Morgan fingerprint density at radius 3 is 2.31 bits per heavy atom. The van der Waals surface area contributed by atoms with Crippen molar-refractivity contribution in [3.05, 3.63) is 11.1 Å². The van der Waals surface area contributed by atoms with Crippen molar-refractivity contribution < 1.29 is 49.7 Å². The predicted molar refractivity (Wildman–Crippen MR) is 177 cm³/mol. The van der Waals surface area contributed by atoms with Crippen molar-refractivity contribution in [2.24, 2.45) is 45.8 Å². The highest BCUT2D eigenvalue weighted by atomic mass is 16.7. The summed E-state index contributed by atoms with van der Waals surface area (Å²) in [5.41, 5.74) is 0.842. The molecule has 0 radical (unpaired) electrons. The number of hydrogen-bond donors (Lipinski definition) is 7. The molecule has 2 saturated carbocycles. The fraction of sp³-hybridized carbons (Fsp3) is 0.892. The summed E-state index contributed by atoms with van der Waals surface area (Å²) in [6, 6.07) is -1.21. The lowest BCUT2D eigenvalue weighted by molar-refractivity contribution is -0.303. The smallest absolute Gasteiger partial charge is 0.314 e. The van der Waals surface area contributed by atoms with E-state index >= 15 is 0 Å². The van der Waals surface area contributed by atoms with Crippen LogP contribution in [-0.4, -0.2) is 98.6 Å². The van der Waals surface area contributed by atoms with Crippen LogP contribution < -0.4 is 5.32 Å². The van der Waals surface area contributed by atoms with Gasteiger partial charge >= 0.3 is 5.97 Å². The van der Waals surface area contributed by atoms with Gasteiger partial charge in [0.2, 0.25) is 5.91 Å². The van der Waals surface area contributed by atoms with E-state index in [2.05, 4.69) is 39.9 Å². The molecule has 274 valence electrons. The van der Waals surface area contributed by atoms with Gasteiger partial charge in [-0.15, -0.1) is 0 Å². The molecule has 11 nitrogen and oxygen atoms in total. The van der Waals surface area contributed by atoms with Gasteiger partial charge in [-0.25, -0.2) is 0 Å². The summed E-state index contributed by atoms with van der Waals surface area (Å²) in [5, 5.41) is 66.5. The minimum atomic E-state index is -1.68. The van der Waals surface area contributed by atoms with Crippen LogP contribution in [0.1, 0.15) is 106 Å². The molecular weight excluding hydrogens is 618 g/mol. The maximum absolute atomic E-state index is 13.4. The van der Waals surface area contributed by atoms with E-state index in [1.165, 1.54) is 18.1 Å². The topological polar surface area (TPSA) is 186 Å². The standard InChI is InChI=1S/C37H61NO10/c1-19(2)15-22(42)16-20(3)24-8-9-25-23-7-10-28-36(6,26(23)11-13-35(24,25)5)14-12-29(37(28,18-40)34(45)46)48-33-30(38-21(4)41)32(44)31(43)27(17-39)47-33/h19-20,22,24-25,27-33,39-40,42-44H,7-18H2,1-6H3,(H,38,41)(H,45,46)/t20-,22?,24-,25+,27-,28-,29+,30-,31-,32-,33+,35-,36-,37-/m1/s1. The molecule has 3 fully saturated rings. The highest BCUT2D eigenvalue weighted by Gasteiger charge is 2.65. The number of fused-ring (bicyclic) bond motifs is 4. The number of aliphatic hydroxyl groups excluding tert-OH is 5. The summed E-state index contributed by atoms with van der Waals surface area (Å²) in [6.45, 7) is 11.2. The largest absolute Gasteiger partial charge is 0.481 e. The number of allylic oxidation sites excluding steroid dienone is 2. The third-order valence-corrected chi connectivity index (χ3v) is 13.7. The Kier molecular flexibility index (Phi) is 11.1. The van der Waals surface area contributed by atoms with Gasteiger partial charge < -0.3 is 45.4 Å². The van der Waals surface area contributed by atoms with E-state index < -0.39 is 78.6 Å². The first-order chi connectivity index (χ1) is 22.5. The molecule has 14 atom stereocenters. The number of ether oxygens (including phenoxy) is 2. The maximum Gasteiger partial charge on any atom is 0.314 e. The Bertz CT molecular complexity index is 1220. The Balaban J connectivity index is 1.42. The summed E-state index contributed by atoms with van der Waals surface area (Å²) >= 11 is 0. The number of carboxylic acids is 1. The van der Waals surface area contributed by atoms with Crippen molar-refractivity contribution in [1.29, 1.82) is 0 Å². The van der Waals surface area contributed by atoms with Crippen LogP contribution in [-0.2, 0) is 19.1 Å². The number of carbonyl (C=O) groups excluding carboxylic acids is 1. The zero-order valence-electron chi connectivity index (χ0n) is 29.7. The minimum Gasteiger partial charge on any atom is -0.481 e. The summed E-state index contributed by atoms with van der Waals surface area (Å²) in [5.74, 6) is -0.265. The number of aliphatic carboxylic acids is 1. The number of carbonyl (C=O) groups is 2. The molecule has 0 aromatic carbocycles. The summed E-state index contributed by atoms with van der Waals surface area (Å²) < 4.78 is 12.2. The van der Waals surface area contributed by atoms with Crippen molar-refractivity contribution >= 4 is 11.9 Å². The third kappa shape index (κ3) is 6.28. The monoisotopic (exact) mass is 679 g/mol. The van der Waals surface area contributed by atoms with Crippen LogP contribution in [0, 0.1) is 45.8 Å². The Labute approximate surface area is 285 Å². The van der Waals surface area contributed by atoms with Crippen LogP contribution in [0.15, 0.2) is 11.1 Å². The Morgan fingerprint density at radius 1 is 1.00 bits per heavy atom. The fourth-order valence-corrected chi connectivity index (χ4v) is 11.5. The van der Waals surface area contributed by atoms with E-state index in [-0.39, 0.29) is 11.5 Å². The van der Waals surface area contributed by atoms with E-state index in [0.29, 0.717) is 42.9 Å². The lowest BCUT2D eigenvalue weighted by atomic mass is 9.45. The van der Waals surface area contributed by atoms with E-state index in [4.69, 9.17) is 9.47 Å². The average Bonchev–Trinajstić information content (AvgIpc) is 3.37. The van der Waals surface area contributed by atoms with Gasteiger partial charge in [0.15, 0.2) is 6.29 Å². The Morgan fingerprint density at radius 2 is 1.71 bits per heavy atom. The number of nitrogens with one attached hydrogen (secondary N) is 1. The molecule has 7 N–H and O–H groups in total. The van der Waals surface area contributed by atoms with Gasteiger partial charge in [-0.3, -0.25) is 9.59 Å². The molecular formula is C37H61NO10. The number of hydrogen-bond acceptors (Lipinski definition) is 9. The number of rotatable bonds is 11. The van der Waals surface area contributed by atoms with Gasteiger partial charge in [-0.05, 0) is 105 Å². The second-order valence-corrected chi connectivity index (χ2v) is 16.9. The molecule has 5 rings (SSSR count). The second kappa shape index (κ2) is 14.2. The zero-order valence-corrected chi connectivity index (χ0v) is 29.7. The quantitative estimate of drug-likeness (QED) is 0.160. The molecule has 4 aliphatic carbocycles. The molecule has 1 amide bonds. The maximum atomic E-state index is 13.4. The lowest BCUT2D eigenvalue weighted by Gasteiger charge is -2.60. The van der Waals surface area contributed by atoms with Gasteiger partial charge in [0.25, 0.3) is 0 Å². The molecule has 0 aromatic rings. The number of aliphatic hydroxyl groups is 5. The molecule has 1 heterocycles. The predicted octanol–water partition coefficient (Wildman–Crippen LogP) is 3.14. The van der Waals surface area contributed by atoms with Crippen LogP contribution in [0.4, 0.5) is 0 Å². The average molecular weight is 680 g/mol. The summed E-state index contributed by atoms with van der Waals surface area (Å²) in [7, 11) is 0. The van der Waals surface area contributed by atoms with Crippen LogP contribution in [0.25, 0.3) is 0 Å². The molecule has 1 saturated heterocycles. The SMILES string of the molecule is CC(=O)N[C@H]1[C@H](O[C@H]2CC[C@]3(C)C4=C(CC[C@H]3[C@@]2(CO)C(=O)O)[C@@H]2CC[C@H]([C@H](C)CC(O)CC(C)C)[C@@]2(C)CC4)O[C@H](CO)[C@@H](O)[C@@H]1O. The van der Waals surface area contributed by atoms with E-state index in [1.54, 1.807) is 0 Å². The van der Waals surface area contributed by atoms with Crippen LogP contribution in [0.2, 0.25) is 0 Å². The fourth-order valence-electron chi connectivity index (χ4n) is 11.5. The summed E-state index contributed by atoms with van der Waals surface area (Å²) in [6.07, 6.45) is 1.21. The van der Waals surface area contributed by atoms with Gasteiger partial charge in [0, 0.05) is 6.92 Å². The van der Waals surface area contributed by atoms with E-state index in [0.717, 1.165) is 44.9 Å². The highest BCUT2D eigenvalue weighted by Crippen LogP contribution is 2.68. The van der Waals surface area contributed by atoms with Gasteiger partial charge in [-0.2, -0.15) is 0 Å². The molecule has 11 heteroatoms. The van der Waals surface area contributed by atoms with Crippen LogP contribution in [0.3, 0.4) is 0 Å². The van der Waals surface area contributed by atoms with Crippen LogP contribution >= 0.6 is 0 Å². The lowest BCUT2D eigenvalue weighted by Crippen LogP contribution is -2.67. The van der Waals surface area contributed by atoms with E-state index in [1.807, 2.05) is 0 Å². The number of amides is 1. The highest BCUT2D eigenvalue weighted by molar-refractivity contribution is 5.77.